The quantitative estimate of drug-likeness (QED) is 0.604. The molecule has 5 rings (SSSR count). The number of halogens is 1. The SMILES string of the molecule is O=C(c1ccncc1)N1CCN(C(=O)c2nnn3c2COC(c2ccc(Cl)cc2)C3)CC1. The van der Waals surface area contributed by atoms with Gasteiger partial charge in [-0.2, -0.15) is 0 Å². The Hall–Kier alpha value is -3.30. The molecule has 32 heavy (non-hydrogen) atoms. The highest BCUT2D eigenvalue weighted by Gasteiger charge is 2.32. The van der Waals surface area contributed by atoms with Gasteiger partial charge in [-0.15, -0.1) is 5.10 Å². The van der Waals surface area contributed by atoms with E-state index in [2.05, 4.69) is 15.3 Å². The summed E-state index contributed by atoms with van der Waals surface area (Å²) in [7, 11) is 0. The van der Waals surface area contributed by atoms with Gasteiger partial charge >= 0.3 is 0 Å². The Bertz CT molecular complexity index is 1130. The van der Waals surface area contributed by atoms with Crippen molar-refractivity contribution in [2.75, 3.05) is 26.2 Å². The van der Waals surface area contributed by atoms with Gasteiger partial charge in [0.2, 0.25) is 0 Å². The molecule has 1 fully saturated rings. The molecule has 1 saturated heterocycles. The van der Waals surface area contributed by atoms with Gasteiger partial charge in [0.15, 0.2) is 5.69 Å². The minimum absolute atomic E-state index is 0.0535. The predicted octanol–water partition coefficient (Wildman–Crippen LogP) is 2.20. The third-order valence-electron chi connectivity index (χ3n) is 5.82. The summed E-state index contributed by atoms with van der Waals surface area (Å²) in [5.41, 5.74) is 2.59. The Kier molecular flexibility index (Phi) is 5.59. The van der Waals surface area contributed by atoms with Gasteiger partial charge in [-0.1, -0.05) is 28.9 Å². The van der Waals surface area contributed by atoms with Crippen molar-refractivity contribution in [3.8, 4) is 0 Å². The maximum absolute atomic E-state index is 13.1. The zero-order chi connectivity index (χ0) is 22.1. The van der Waals surface area contributed by atoms with Crippen molar-refractivity contribution in [2.24, 2.45) is 0 Å². The lowest BCUT2D eigenvalue weighted by atomic mass is 10.1. The van der Waals surface area contributed by atoms with E-state index in [1.807, 2.05) is 24.3 Å². The number of fused-ring (bicyclic) bond motifs is 1. The van der Waals surface area contributed by atoms with Gasteiger partial charge in [-0.05, 0) is 29.8 Å². The zero-order valence-corrected chi connectivity index (χ0v) is 18.0. The summed E-state index contributed by atoms with van der Waals surface area (Å²) in [6.45, 7) is 2.54. The Morgan fingerprint density at radius 1 is 0.938 bits per heavy atom. The molecule has 4 heterocycles. The maximum Gasteiger partial charge on any atom is 0.276 e. The molecule has 10 heteroatoms. The van der Waals surface area contributed by atoms with E-state index in [1.54, 1.807) is 39.0 Å². The van der Waals surface area contributed by atoms with Crippen LogP contribution in [-0.2, 0) is 17.9 Å². The largest absolute Gasteiger partial charge is 0.365 e. The topological polar surface area (TPSA) is 93.5 Å². The molecular weight excluding hydrogens is 432 g/mol. The molecular formula is C22H21ClN6O3. The molecule has 1 unspecified atom stereocenters. The van der Waals surface area contributed by atoms with Crippen molar-refractivity contribution >= 4 is 23.4 Å². The van der Waals surface area contributed by atoms with E-state index in [0.29, 0.717) is 54.7 Å². The standard InChI is InChI=1S/C22H21ClN6O3/c23-17-3-1-15(2-4-17)19-13-29-18(14-32-19)20(25-26-29)22(31)28-11-9-27(10-12-28)21(30)16-5-7-24-8-6-16/h1-8,19H,9-14H2. The lowest BCUT2D eigenvalue weighted by Gasteiger charge is -2.34. The molecule has 9 nitrogen and oxygen atoms in total. The Balaban J connectivity index is 1.23. The zero-order valence-electron chi connectivity index (χ0n) is 17.2. The second-order valence-corrected chi connectivity index (χ2v) is 8.17. The fourth-order valence-electron chi connectivity index (χ4n) is 4.00. The molecule has 164 valence electrons. The second kappa shape index (κ2) is 8.68. The summed E-state index contributed by atoms with van der Waals surface area (Å²) < 4.78 is 7.73. The summed E-state index contributed by atoms with van der Waals surface area (Å²) in [6.07, 6.45) is 3.02. The molecule has 3 aromatic rings. The van der Waals surface area contributed by atoms with Crippen LogP contribution in [-0.4, -0.2) is 67.8 Å². The van der Waals surface area contributed by atoms with E-state index in [1.165, 1.54) is 0 Å². The Morgan fingerprint density at radius 2 is 1.59 bits per heavy atom. The van der Waals surface area contributed by atoms with Crippen LogP contribution in [0.3, 0.4) is 0 Å². The van der Waals surface area contributed by atoms with E-state index >= 15 is 0 Å². The fourth-order valence-corrected chi connectivity index (χ4v) is 4.12. The summed E-state index contributed by atoms with van der Waals surface area (Å²) >= 11 is 5.97. The molecule has 0 spiro atoms. The van der Waals surface area contributed by atoms with Crippen LogP contribution in [0.5, 0.6) is 0 Å². The number of nitrogens with zero attached hydrogens (tertiary/aromatic N) is 6. The molecule has 0 aliphatic carbocycles. The van der Waals surface area contributed by atoms with Crippen molar-refractivity contribution in [3.63, 3.8) is 0 Å². The van der Waals surface area contributed by atoms with Crippen LogP contribution in [0.1, 0.15) is 38.2 Å². The highest BCUT2D eigenvalue weighted by Crippen LogP contribution is 2.28. The van der Waals surface area contributed by atoms with Gasteiger partial charge in [0.1, 0.15) is 6.10 Å². The number of pyridine rings is 1. The van der Waals surface area contributed by atoms with Gasteiger partial charge in [0.25, 0.3) is 11.8 Å². The van der Waals surface area contributed by atoms with Gasteiger partial charge in [0, 0.05) is 49.2 Å². The van der Waals surface area contributed by atoms with Gasteiger partial charge < -0.3 is 14.5 Å². The van der Waals surface area contributed by atoms with E-state index in [4.69, 9.17) is 16.3 Å². The molecule has 0 N–H and O–H groups in total. The highest BCUT2D eigenvalue weighted by atomic mass is 35.5. The summed E-state index contributed by atoms with van der Waals surface area (Å²) in [6, 6.07) is 10.9. The first kappa shape index (κ1) is 20.6. The summed E-state index contributed by atoms with van der Waals surface area (Å²) in [5.74, 6) is -0.238. The van der Waals surface area contributed by atoms with Crippen molar-refractivity contribution in [3.05, 3.63) is 76.3 Å². The number of hydrogen-bond acceptors (Lipinski definition) is 6. The number of benzene rings is 1. The number of rotatable bonds is 3. The average molecular weight is 453 g/mol. The van der Waals surface area contributed by atoms with Crippen LogP contribution in [0.15, 0.2) is 48.8 Å². The molecule has 2 aliphatic heterocycles. The third kappa shape index (κ3) is 3.96. The van der Waals surface area contributed by atoms with Crippen LogP contribution >= 0.6 is 11.6 Å². The van der Waals surface area contributed by atoms with Crippen molar-refractivity contribution < 1.29 is 14.3 Å². The average Bonchev–Trinajstić information content (AvgIpc) is 3.27. The number of amides is 2. The van der Waals surface area contributed by atoms with E-state index in [9.17, 15) is 9.59 Å². The van der Waals surface area contributed by atoms with Gasteiger partial charge in [-0.3, -0.25) is 14.6 Å². The monoisotopic (exact) mass is 452 g/mol. The highest BCUT2D eigenvalue weighted by molar-refractivity contribution is 6.30. The molecule has 0 saturated carbocycles. The first-order chi connectivity index (χ1) is 15.6. The molecule has 0 radical (unpaired) electrons. The molecule has 2 aliphatic rings. The van der Waals surface area contributed by atoms with Crippen LogP contribution in [0.4, 0.5) is 0 Å². The molecule has 2 aromatic heterocycles. The minimum atomic E-state index is -0.184. The van der Waals surface area contributed by atoms with Crippen molar-refractivity contribution in [2.45, 2.75) is 19.3 Å². The van der Waals surface area contributed by atoms with Crippen LogP contribution in [0, 0.1) is 0 Å². The smallest absolute Gasteiger partial charge is 0.276 e. The summed E-state index contributed by atoms with van der Waals surface area (Å²) in [5, 5.41) is 9.01. The molecule has 1 aromatic carbocycles. The van der Waals surface area contributed by atoms with Crippen LogP contribution < -0.4 is 0 Å². The fraction of sp³-hybridized carbons (Fsp3) is 0.318. The predicted molar refractivity (Wildman–Crippen MR) is 115 cm³/mol. The van der Waals surface area contributed by atoms with E-state index in [-0.39, 0.29) is 24.5 Å². The van der Waals surface area contributed by atoms with Gasteiger partial charge in [0.05, 0.1) is 18.8 Å². The van der Waals surface area contributed by atoms with Crippen molar-refractivity contribution in [1.82, 2.24) is 29.8 Å². The Morgan fingerprint density at radius 3 is 2.28 bits per heavy atom. The first-order valence-electron chi connectivity index (χ1n) is 10.4. The number of aromatic nitrogens is 4. The van der Waals surface area contributed by atoms with Crippen LogP contribution in [0.2, 0.25) is 5.02 Å². The Labute approximate surface area is 189 Å². The molecule has 0 bridgehead atoms. The molecule has 1 atom stereocenters. The third-order valence-corrected chi connectivity index (χ3v) is 6.08. The first-order valence-corrected chi connectivity index (χ1v) is 10.8. The van der Waals surface area contributed by atoms with Gasteiger partial charge in [-0.25, -0.2) is 4.68 Å². The number of carbonyl (C=O) groups is 2. The van der Waals surface area contributed by atoms with Crippen molar-refractivity contribution in [1.29, 1.82) is 0 Å². The normalized spacial score (nSPS) is 18.3. The summed E-state index contributed by atoms with van der Waals surface area (Å²) in [4.78, 5) is 33.1. The van der Waals surface area contributed by atoms with E-state index in [0.717, 1.165) is 5.56 Å². The number of piperazine rings is 1. The lowest BCUT2D eigenvalue weighted by Crippen LogP contribution is -2.50. The van der Waals surface area contributed by atoms with Crippen LogP contribution in [0.25, 0.3) is 0 Å². The maximum atomic E-state index is 13.1. The number of hydrogen-bond donors (Lipinski definition) is 0. The minimum Gasteiger partial charge on any atom is -0.365 e. The molecule has 2 amide bonds. The van der Waals surface area contributed by atoms with E-state index < -0.39 is 0 Å². The number of ether oxygens (including phenoxy) is 1. The lowest BCUT2D eigenvalue weighted by molar-refractivity contribution is -0.00202. The number of carbonyl (C=O) groups excluding carboxylic acids is 2. The second-order valence-electron chi connectivity index (χ2n) is 7.74.